The summed E-state index contributed by atoms with van der Waals surface area (Å²) in [5, 5.41) is 0. The Bertz CT molecular complexity index is 220. The van der Waals surface area contributed by atoms with Gasteiger partial charge in [0, 0.05) is 13.2 Å². The topological polar surface area (TPSA) is 87.6 Å². The van der Waals surface area contributed by atoms with Crippen LogP contribution in [0.5, 0.6) is 0 Å². The van der Waals surface area contributed by atoms with E-state index < -0.39 is 11.4 Å². The molecule has 0 aromatic carbocycles. The highest BCUT2D eigenvalue weighted by Crippen LogP contribution is 2.10. The third-order valence-electron chi connectivity index (χ3n) is 2.61. The molecule has 1 amide bonds. The Labute approximate surface area is 104 Å². The molecule has 0 aliphatic heterocycles. The summed E-state index contributed by atoms with van der Waals surface area (Å²) in [6, 6.07) is 0. The van der Waals surface area contributed by atoms with Crippen molar-refractivity contribution in [3.8, 4) is 0 Å². The number of primary amides is 1. The second kappa shape index (κ2) is 8.44. The van der Waals surface area contributed by atoms with Crippen molar-refractivity contribution >= 4 is 5.91 Å². The number of hydrogen-bond acceptors (Lipinski definition) is 4. The van der Waals surface area contributed by atoms with Gasteiger partial charge >= 0.3 is 0 Å². The zero-order valence-corrected chi connectivity index (χ0v) is 11.2. The SMILES string of the molecule is CCOCC(C)OCCCCC(C)(N)C(N)=O. The van der Waals surface area contributed by atoms with E-state index in [2.05, 4.69) is 0 Å². The highest BCUT2D eigenvalue weighted by molar-refractivity contribution is 5.83. The molecule has 2 atom stereocenters. The number of hydrogen-bond donors (Lipinski definition) is 2. The summed E-state index contributed by atoms with van der Waals surface area (Å²) < 4.78 is 10.8. The minimum Gasteiger partial charge on any atom is -0.379 e. The van der Waals surface area contributed by atoms with Crippen molar-refractivity contribution in [2.24, 2.45) is 11.5 Å². The minimum absolute atomic E-state index is 0.107. The number of ether oxygens (including phenoxy) is 2. The van der Waals surface area contributed by atoms with Gasteiger partial charge in [0.15, 0.2) is 0 Å². The van der Waals surface area contributed by atoms with E-state index in [-0.39, 0.29) is 6.10 Å². The molecule has 4 N–H and O–H groups in total. The molecule has 0 aliphatic carbocycles. The largest absolute Gasteiger partial charge is 0.379 e. The monoisotopic (exact) mass is 246 g/mol. The first-order chi connectivity index (χ1) is 7.90. The lowest BCUT2D eigenvalue weighted by Crippen LogP contribution is -2.49. The van der Waals surface area contributed by atoms with Crippen LogP contribution in [0.15, 0.2) is 0 Å². The van der Waals surface area contributed by atoms with Gasteiger partial charge in [-0.1, -0.05) is 0 Å². The predicted octanol–water partition coefficient (Wildman–Crippen LogP) is 0.801. The Morgan fingerprint density at radius 1 is 1.41 bits per heavy atom. The quantitative estimate of drug-likeness (QED) is 0.558. The standard InChI is InChI=1S/C12H26N2O3/c1-4-16-9-10(2)17-8-6-5-7-12(3,14)11(13)15/h10H,4-9,14H2,1-3H3,(H2,13,15). The summed E-state index contributed by atoms with van der Waals surface area (Å²) in [7, 11) is 0. The first-order valence-electron chi connectivity index (χ1n) is 6.18. The van der Waals surface area contributed by atoms with Gasteiger partial charge in [0.2, 0.25) is 5.91 Å². The van der Waals surface area contributed by atoms with E-state index in [1.165, 1.54) is 0 Å². The van der Waals surface area contributed by atoms with Crippen LogP contribution in [0.1, 0.15) is 40.0 Å². The van der Waals surface area contributed by atoms with Crippen LogP contribution >= 0.6 is 0 Å². The molecule has 2 unspecified atom stereocenters. The number of unbranched alkanes of at least 4 members (excludes halogenated alkanes) is 1. The molecule has 102 valence electrons. The molecule has 0 radical (unpaired) electrons. The number of rotatable bonds is 10. The van der Waals surface area contributed by atoms with E-state index in [1.54, 1.807) is 6.92 Å². The van der Waals surface area contributed by atoms with Crippen molar-refractivity contribution < 1.29 is 14.3 Å². The lowest BCUT2D eigenvalue weighted by Gasteiger charge is -2.20. The van der Waals surface area contributed by atoms with Crippen molar-refractivity contribution in [1.82, 2.24) is 0 Å². The Morgan fingerprint density at radius 2 is 2.06 bits per heavy atom. The van der Waals surface area contributed by atoms with E-state index in [0.29, 0.717) is 26.2 Å². The molecule has 0 heterocycles. The van der Waals surface area contributed by atoms with Gasteiger partial charge in [0.05, 0.1) is 18.2 Å². The van der Waals surface area contributed by atoms with Crippen LogP contribution in [-0.2, 0) is 14.3 Å². The highest BCUT2D eigenvalue weighted by atomic mass is 16.5. The minimum atomic E-state index is -0.906. The average Bonchev–Trinajstić information content (AvgIpc) is 2.25. The Kier molecular flexibility index (Phi) is 8.12. The average molecular weight is 246 g/mol. The van der Waals surface area contributed by atoms with Crippen molar-refractivity contribution in [2.75, 3.05) is 19.8 Å². The molecule has 5 nitrogen and oxygen atoms in total. The Balaban J connectivity index is 3.49. The van der Waals surface area contributed by atoms with Gasteiger partial charge < -0.3 is 20.9 Å². The predicted molar refractivity (Wildman–Crippen MR) is 67.5 cm³/mol. The van der Waals surface area contributed by atoms with Crippen LogP contribution in [0.2, 0.25) is 0 Å². The lowest BCUT2D eigenvalue weighted by molar-refractivity contribution is -0.122. The Hall–Kier alpha value is -0.650. The van der Waals surface area contributed by atoms with Crippen LogP contribution < -0.4 is 11.5 Å². The van der Waals surface area contributed by atoms with Crippen LogP contribution in [0.25, 0.3) is 0 Å². The summed E-state index contributed by atoms with van der Waals surface area (Å²) >= 11 is 0. The second-order valence-electron chi connectivity index (χ2n) is 4.58. The van der Waals surface area contributed by atoms with Crippen molar-refractivity contribution in [2.45, 2.75) is 51.7 Å². The van der Waals surface area contributed by atoms with Crippen LogP contribution in [0.3, 0.4) is 0 Å². The van der Waals surface area contributed by atoms with Crippen molar-refractivity contribution in [3.63, 3.8) is 0 Å². The fourth-order valence-corrected chi connectivity index (χ4v) is 1.33. The molecule has 0 bridgehead atoms. The highest BCUT2D eigenvalue weighted by Gasteiger charge is 2.24. The van der Waals surface area contributed by atoms with Crippen LogP contribution in [0, 0.1) is 0 Å². The summed E-state index contributed by atoms with van der Waals surface area (Å²) in [5.41, 5.74) is 10.0. The molecule has 0 aromatic rings. The van der Waals surface area contributed by atoms with E-state index in [1.807, 2.05) is 13.8 Å². The first-order valence-corrected chi connectivity index (χ1v) is 6.18. The second-order valence-corrected chi connectivity index (χ2v) is 4.58. The number of carbonyl (C=O) groups is 1. The van der Waals surface area contributed by atoms with Gasteiger partial charge in [0.1, 0.15) is 0 Å². The molecule has 0 spiro atoms. The van der Waals surface area contributed by atoms with E-state index in [0.717, 1.165) is 12.8 Å². The molecule has 17 heavy (non-hydrogen) atoms. The maximum absolute atomic E-state index is 11.0. The van der Waals surface area contributed by atoms with Crippen molar-refractivity contribution in [3.05, 3.63) is 0 Å². The van der Waals surface area contributed by atoms with Gasteiger partial charge in [-0.15, -0.1) is 0 Å². The van der Waals surface area contributed by atoms with Gasteiger partial charge in [-0.3, -0.25) is 4.79 Å². The molecule has 0 rings (SSSR count). The van der Waals surface area contributed by atoms with E-state index in [9.17, 15) is 4.79 Å². The lowest BCUT2D eigenvalue weighted by atomic mass is 9.96. The molecular weight excluding hydrogens is 220 g/mol. The van der Waals surface area contributed by atoms with Crippen LogP contribution in [0.4, 0.5) is 0 Å². The zero-order chi connectivity index (χ0) is 13.3. The number of nitrogens with two attached hydrogens (primary N) is 2. The number of amides is 1. The zero-order valence-electron chi connectivity index (χ0n) is 11.2. The summed E-state index contributed by atoms with van der Waals surface area (Å²) in [5.74, 6) is -0.455. The van der Waals surface area contributed by atoms with Gasteiger partial charge in [0.25, 0.3) is 0 Å². The molecule has 0 saturated heterocycles. The Morgan fingerprint density at radius 3 is 2.59 bits per heavy atom. The fraction of sp³-hybridized carbons (Fsp3) is 0.917. The third kappa shape index (κ3) is 8.12. The third-order valence-corrected chi connectivity index (χ3v) is 2.61. The van der Waals surface area contributed by atoms with E-state index in [4.69, 9.17) is 20.9 Å². The van der Waals surface area contributed by atoms with Gasteiger partial charge in [-0.25, -0.2) is 0 Å². The maximum atomic E-state index is 11.0. The summed E-state index contributed by atoms with van der Waals surface area (Å²) in [6.45, 7) is 7.58. The summed E-state index contributed by atoms with van der Waals surface area (Å²) in [4.78, 5) is 11.0. The molecule has 0 fully saturated rings. The smallest absolute Gasteiger partial charge is 0.237 e. The molecule has 0 aliphatic rings. The summed E-state index contributed by atoms with van der Waals surface area (Å²) in [6.07, 6.45) is 2.40. The molecular formula is C12H26N2O3. The number of carbonyl (C=O) groups excluding carboxylic acids is 1. The fourth-order valence-electron chi connectivity index (χ4n) is 1.33. The maximum Gasteiger partial charge on any atom is 0.237 e. The van der Waals surface area contributed by atoms with E-state index >= 15 is 0 Å². The molecule has 0 aromatic heterocycles. The van der Waals surface area contributed by atoms with Crippen LogP contribution in [-0.4, -0.2) is 37.4 Å². The molecule has 5 heteroatoms. The normalized spacial score (nSPS) is 16.5. The van der Waals surface area contributed by atoms with Gasteiger partial charge in [-0.2, -0.15) is 0 Å². The molecule has 0 saturated carbocycles. The van der Waals surface area contributed by atoms with Gasteiger partial charge in [-0.05, 0) is 40.0 Å². The van der Waals surface area contributed by atoms with Crippen molar-refractivity contribution in [1.29, 1.82) is 0 Å². The first kappa shape index (κ1) is 16.4.